The lowest BCUT2D eigenvalue weighted by Crippen LogP contribution is -2.10. The molecule has 0 N–H and O–H groups in total. The summed E-state index contributed by atoms with van der Waals surface area (Å²) in [6.45, 7) is 0. The van der Waals surface area contributed by atoms with Crippen LogP contribution in [0.5, 0.6) is 0 Å². The zero-order chi connectivity index (χ0) is 10.6. The smallest absolute Gasteiger partial charge is 0.195 e. The van der Waals surface area contributed by atoms with Gasteiger partial charge in [-0.05, 0) is 34.7 Å². The number of carbonyl (C=O) groups excluding carboxylic acids is 1. The molecule has 1 aromatic carbocycles. The molecule has 0 radical (unpaired) electrons. The molecule has 0 aliphatic carbocycles. The molecule has 0 heterocycles. The Morgan fingerprint density at radius 1 is 1.21 bits per heavy atom. The van der Waals surface area contributed by atoms with Gasteiger partial charge in [0.15, 0.2) is 11.7 Å². The maximum absolute atomic E-state index is 11.5. The van der Waals surface area contributed by atoms with Crippen molar-refractivity contribution >= 4 is 28.4 Å². The molecule has 68 valence electrons. The fourth-order valence-corrected chi connectivity index (χ4v) is 1.29. The largest absolute Gasteiger partial charge is 0.291 e. The van der Waals surface area contributed by atoms with E-state index in [0.717, 1.165) is 3.57 Å². The van der Waals surface area contributed by atoms with Gasteiger partial charge in [0.25, 0.3) is 0 Å². The average molecular weight is 296 g/mol. The molecule has 0 aliphatic rings. The summed E-state index contributed by atoms with van der Waals surface area (Å²) in [6, 6.07) is 10.1. The van der Waals surface area contributed by atoms with Gasteiger partial charge in [-0.15, -0.1) is 0 Å². The van der Waals surface area contributed by atoms with E-state index in [2.05, 4.69) is 22.6 Å². The first-order valence-corrected chi connectivity index (χ1v) is 4.86. The molecule has 0 aliphatic heterocycles. The van der Waals surface area contributed by atoms with Crippen molar-refractivity contribution in [2.24, 2.45) is 5.92 Å². The summed E-state index contributed by atoms with van der Waals surface area (Å²) in [6.07, 6.45) is 0. The maximum Gasteiger partial charge on any atom is 0.195 e. The van der Waals surface area contributed by atoms with Crippen LogP contribution in [0.2, 0.25) is 0 Å². The first-order valence-electron chi connectivity index (χ1n) is 3.78. The Kier molecular flexibility index (Phi) is 3.61. The minimum atomic E-state index is -1.20. The predicted octanol–water partition coefficient (Wildman–Crippen LogP) is 2.14. The third kappa shape index (κ3) is 2.30. The van der Waals surface area contributed by atoms with Gasteiger partial charge >= 0.3 is 0 Å². The third-order valence-corrected chi connectivity index (χ3v) is 2.37. The Balaban J connectivity index is 2.97. The summed E-state index contributed by atoms with van der Waals surface area (Å²) in [7, 11) is 0. The molecule has 0 spiro atoms. The second-order valence-corrected chi connectivity index (χ2v) is 3.81. The molecule has 0 saturated heterocycles. The number of hydrogen-bond donors (Lipinski definition) is 0. The summed E-state index contributed by atoms with van der Waals surface area (Å²) in [5.74, 6) is -1.64. The summed E-state index contributed by atoms with van der Waals surface area (Å²) in [5, 5.41) is 17.0. The van der Waals surface area contributed by atoms with E-state index in [4.69, 9.17) is 10.5 Å². The van der Waals surface area contributed by atoms with Crippen LogP contribution in [0.15, 0.2) is 24.3 Å². The van der Waals surface area contributed by atoms with E-state index in [1.165, 1.54) is 0 Å². The van der Waals surface area contributed by atoms with Crippen LogP contribution < -0.4 is 0 Å². The van der Waals surface area contributed by atoms with E-state index in [1.54, 1.807) is 36.4 Å². The standard InChI is InChI=1S/C10H5IN2O/c11-9-3-1-7(2-4-9)10(14)8(5-12)6-13/h1-4,8H. The average Bonchev–Trinajstić information content (AvgIpc) is 2.20. The van der Waals surface area contributed by atoms with Crippen LogP contribution in [0.4, 0.5) is 0 Å². The fraction of sp³-hybridized carbons (Fsp3) is 0.100. The van der Waals surface area contributed by atoms with E-state index in [1.807, 2.05) is 0 Å². The van der Waals surface area contributed by atoms with Gasteiger partial charge in [0.1, 0.15) is 0 Å². The van der Waals surface area contributed by atoms with E-state index in [9.17, 15) is 4.79 Å². The van der Waals surface area contributed by atoms with Gasteiger partial charge in [-0.25, -0.2) is 0 Å². The molecule has 0 saturated carbocycles. The van der Waals surface area contributed by atoms with Crippen molar-refractivity contribution in [3.63, 3.8) is 0 Å². The number of Topliss-reactive ketones (excluding diaryl/α,β-unsaturated/α-hetero) is 1. The number of nitriles is 2. The molecule has 1 aromatic rings. The normalized spacial score (nSPS) is 9.14. The van der Waals surface area contributed by atoms with E-state index in [-0.39, 0.29) is 0 Å². The van der Waals surface area contributed by atoms with Crippen molar-refractivity contribution < 1.29 is 4.79 Å². The Morgan fingerprint density at radius 3 is 2.14 bits per heavy atom. The van der Waals surface area contributed by atoms with Crippen LogP contribution in [0.25, 0.3) is 0 Å². The van der Waals surface area contributed by atoms with Crippen molar-refractivity contribution in [2.75, 3.05) is 0 Å². The molecule has 14 heavy (non-hydrogen) atoms. The molecule has 0 atom stereocenters. The molecule has 4 heteroatoms. The number of hydrogen-bond acceptors (Lipinski definition) is 3. The summed E-state index contributed by atoms with van der Waals surface area (Å²) in [4.78, 5) is 11.5. The predicted molar refractivity (Wildman–Crippen MR) is 58.2 cm³/mol. The number of carbonyl (C=O) groups is 1. The Bertz CT molecular complexity index is 411. The number of benzene rings is 1. The highest BCUT2D eigenvalue weighted by Crippen LogP contribution is 2.11. The zero-order valence-corrected chi connectivity index (χ0v) is 9.22. The van der Waals surface area contributed by atoms with Crippen LogP contribution in [-0.2, 0) is 0 Å². The fourth-order valence-electron chi connectivity index (χ4n) is 0.927. The first-order chi connectivity index (χ1) is 6.69. The van der Waals surface area contributed by atoms with Gasteiger partial charge in [0.05, 0.1) is 12.1 Å². The van der Waals surface area contributed by atoms with Crippen molar-refractivity contribution in [1.82, 2.24) is 0 Å². The van der Waals surface area contributed by atoms with Gasteiger partial charge in [-0.3, -0.25) is 4.79 Å². The number of halogens is 1. The van der Waals surface area contributed by atoms with Crippen molar-refractivity contribution in [2.45, 2.75) is 0 Å². The van der Waals surface area contributed by atoms with Crippen LogP contribution in [0.3, 0.4) is 0 Å². The highest BCUT2D eigenvalue weighted by molar-refractivity contribution is 14.1. The van der Waals surface area contributed by atoms with Gasteiger partial charge < -0.3 is 0 Å². The Hall–Kier alpha value is -1.40. The summed E-state index contributed by atoms with van der Waals surface area (Å²) >= 11 is 2.11. The third-order valence-electron chi connectivity index (χ3n) is 1.65. The van der Waals surface area contributed by atoms with Gasteiger partial charge in [-0.1, -0.05) is 12.1 Å². The highest BCUT2D eigenvalue weighted by atomic mass is 127. The molecule has 0 bridgehead atoms. The van der Waals surface area contributed by atoms with E-state index in [0.29, 0.717) is 5.56 Å². The Morgan fingerprint density at radius 2 is 1.71 bits per heavy atom. The topological polar surface area (TPSA) is 64.7 Å². The number of nitrogens with zero attached hydrogens (tertiary/aromatic N) is 2. The molecule has 0 fully saturated rings. The lowest BCUT2D eigenvalue weighted by molar-refractivity contribution is 0.0971. The minimum Gasteiger partial charge on any atom is -0.291 e. The highest BCUT2D eigenvalue weighted by Gasteiger charge is 2.18. The lowest BCUT2D eigenvalue weighted by Gasteiger charge is -1.99. The van der Waals surface area contributed by atoms with Crippen molar-refractivity contribution in [3.05, 3.63) is 33.4 Å². The summed E-state index contributed by atoms with van der Waals surface area (Å²) < 4.78 is 1.00. The molecule has 0 amide bonds. The minimum absolute atomic E-state index is 0.401. The summed E-state index contributed by atoms with van der Waals surface area (Å²) in [5.41, 5.74) is 0.401. The quantitative estimate of drug-likeness (QED) is 0.620. The second kappa shape index (κ2) is 4.73. The SMILES string of the molecule is N#CC(C#N)C(=O)c1ccc(I)cc1. The molecule has 1 rings (SSSR count). The van der Waals surface area contributed by atoms with Crippen molar-refractivity contribution in [1.29, 1.82) is 10.5 Å². The van der Waals surface area contributed by atoms with E-state index < -0.39 is 11.7 Å². The second-order valence-electron chi connectivity index (χ2n) is 2.56. The molecule has 3 nitrogen and oxygen atoms in total. The molecular formula is C10H5IN2O. The lowest BCUT2D eigenvalue weighted by atomic mass is 10.0. The van der Waals surface area contributed by atoms with Gasteiger partial charge in [0.2, 0.25) is 0 Å². The van der Waals surface area contributed by atoms with Crippen LogP contribution in [0, 0.1) is 32.2 Å². The van der Waals surface area contributed by atoms with Crippen LogP contribution in [0.1, 0.15) is 10.4 Å². The number of rotatable bonds is 2. The molecule has 0 aromatic heterocycles. The van der Waals surface area contributed by atoms with Crippen molar-refractivity contribution in [3.8, 4) is 12.1 Å². The number of ketones is 1. The van der Waals surface area contributed by atoms with Crippen LogP contribution in [-0.4, -0.2) is 5.78 Å². The van der Waals surface area contributed by atoms with Crippen LogP contribution >= 0.6 is 22.6 Å². The van der Waals surface area contributed by atoms with Gasteiger partial charge in [0, 0.05) is 9.13 Å². The maximum atomic E-state index is 11.5. The Labute approximate surface area is 95.1 Å². The van der Waals surface area contributed by atoms with Gasteiger partial charge in [-0.2, -0.15) is 10.5 Å². The monoisotopic (exact) mass is 296 g/mol. The molecule has 0 unspecified atom stereocenters. The van der Waals surface area contributed by atoms with E-state index >= 15 is 0 Å². The first kappa shape index (κ1) is 10.7. The zero-order valence-electron chi connectivity index (χ0n) is 7.07. The molecular weight excluding hydrogens is 291 g/mol.